The SMILES string of the molecule is CC(C)Oc1ccc(NC(C)c2ccc(Br)s2)cc1. The van der Waals surface area contributed by atoms with Crippen molar-refractivity contribution in [2.24, 2.45) is 0 Å². The number of rotatable bonds is 5. The molecule has 102 valence electrons. The molecule has 0 saturated heterocycles. The average molecular weight is 340 g/mol. The van der Waals surface area contributed by atoms with Gasteiger partial charge in [0.05, 0.1) is 15.9 Å². The molecule has 0 aliphatic heterocycles. The highest BCUT2D eigenvalue weighted by Crippen LogP contribution is 2.29. The van der Waals surface area contributed by atoms with Crippen LogP contribution in [-0.2, 0) is 0 Å². The maximum Gasteiger partial charge on any atom is 0.119 e. The van der Waals surface area contributed by atoms with E-state index in [0.29, 0.717) is 6.04 Å². The number of benzene rings is 1. The Labute approximate surface area is 126 Å². The summed E-state index contributed by atoms with van der Waals surface area (Å²) in [6, 6.07) is 12.6. The molecule has 1 aromatic heterocycles. The van der Waals surface area contributed by atoms with Crippen LogP contribution < -0.4 is 10.1 Å². The number of nitrogens with one attached hydrogen (secondary N) is 1. The summed E-state index contributed by atoms with van der Waals surface area (Å²) < 4.78 is 6.79. The first-order chi connectivity index (χ1) is 9.04. The summed E-state index contributed by atoms with van der Waals surface area (Å²) in [6.45, 7) is 6.22. The summed E-state index contributed by atoms with van der Waals surface area (Å²) in [5, 5.41) is 3.49. The van der Waals surface area contributed by atoms with Crippen molar-refractivity contribution >= 4 is 33.0 Å². The minimum Gasteiger partial charge on any atom is -0.491 e. The summed E-state index contributed by atoms with van der Waals surface area (Å²) in [7, 11) is 0. The fourth-order valence-electron chi connectivity index (χ4n) is 1.78. The van der Waals surface area contributed by atoms with Gasteiger partial charge in [-0.2, -0.15) is 0 Å². The van der Waals surface area contributed by atoms with Gasteiger partial charge in [-0.05, 0) is 73.1 Å². The van der Waals surface area contributed by atoms with Gasteiger partial charge < -0.3 is 10.1 Å². The van der Waals surface area contributed by atoms with Crippen molar-refractivity contribution < 1.29 is 4.74 Å². The number of hydrogen-bond donors (Lipinski definition) is 1. The van der Waals surface area contributed by atoms with Gasteiger partial charge >= 0.3 is 0 Å². The van der Waals surface area contributed by atoms with Gasteiger partial charge in [0.2, 0.25) is 0 Å². The molecule has 0 radical (unpaired) electrons. The molecule has 0 spiro atoms. The molecular weight excluding hydrogens is 322 g/mol. The van der Waals surface area contributed by atoms with Crippen molar-refractivity contribution in [1.82, 2.24) is 0 Å². The zero-order chi connectivity index (χ0) is 13.8. The maximum absolute atomic E-state index is 5.63. The first kappa shape index (κ1) is 14.4. The van der Waals surface area contributed by atoms with E-state index in [2.05, 4.69) is 52.4 Å². The normalized spacial score (nSPS) is 12.5. The topological polar surface area (TPSA) is 21.3 Å². The molecule has 0 amide bonds. The van der Waals surface area contributed by atoms with E-state index in [1.54, 1.807) is 11.3 Å². The summed E-state index contributed by atoms with van der Waals surface area (Å²) >= 11 is 5.25. The number of thiophene rings is 1. The van der Waals surface area contributed by atoms with E-state index in [1.807, 2.05) is 26.0 Å². The van der Waals surface area contributed by atoms with Crippen LogP contribution in [0.15, 0.2) is 40.2 Å². The van der Waals surface area contributed by atoms with Crippen molar-refractivity contribution in [1.29, 1.82) is 0 Å². The van der Waals surface area contributed by atoms with E-state index in [1.165, 1.54) is 4.88 Å². The zero-order valence-corrected chi connectivity index (χ0v) is 13.7. The molecule has 19 heavy (non-hydrogen) atoms. The monoisotopic (exact) mass is 339 g/mol. The third-order valence-electron chi connectivity index (χ3n) is 2.63. The van der Waals surface area contributed by atoms with Crippen LogP contribution in [0.5, 0.6) is 5.75 Å². The number of halogens is 1. The number of hydrogen-bond acceptors (Lipinski definition) is 3. The van der Waals surface area contributed by atoms with Crippen LogP contribution in [0.4, 0.5) is 5.69 Å². The van der Waals surface area contributed by atoms with Gasteiger partial charge in [-0.3, -0.25) is 0 Å². The average Bonchev–Trinajstić information content (AvgIpc) is 2.78. The van der Waals surface area contributed by atoms with Crippen molar-refractivity contribution in [2.75, 3.05) is 5.32 Å². The minimum atomic E-state index is 0.209. The third-order valence-corrected chi connectivity index (χ3v) is 4.44. The quantitative estimate of drug-likeness (QED) is 0.779. The number of anilines is 1. The third kappa shape index (κ3) is 4.25. The van der Waals surface area contributed by atoms with Gasteiger partial charge in [0.25, 0.3) is 0 Å². The van der Waals surface area contributed by atoms with Gasteiger partial charge in [0, 0.05) is 10.6 Å². The highest BCUT2D eigenvalue weighted by molar-refractivity contribution is 9.11. The van der Waals surface area contributed by atoms with E-state index in [4.69, 9.17) is 4.74 Å². The summed E-state index contributed by atoms with van der Waals surface area (Å²) in [5.41, 5.74) is 1.10. The molecule has 2 aromatic rings. The van der Waals surface area contributed by atoms with E-state index < -0.39 is 0 Å². The molecule has 2 rings (SSSR count). The Kier molecular flexibility index (Phi) is 4.88. The van der Waals surface area contributed by atoms with Gasteiger partial charge in [-0.1, -0.05) is 0 Å². The van der Waals surface area contributed by atoms with Gasteiger partial charge in [-0.15, -0.1) is 11.3 Å². The van der Waals surface area contributed by atoms with Crippen molar-refractivity contribution in [2.45, 2.75) is 32.9 Å². The van der Waals surface area contributed by atoms with Crippen LogP contribution in [0.1, 0.15) is 31.7 Å². The first-order valence-electron chi connectivity index (χ1n) is 6.33. The predicted molar refractivity (Wildman–Crippen MR) is 86.3 cm³/mol. The van der Waals surface area contributed by atoms with Gasteiger partial charge in [0.1, 0.15) is 5.75 Å². The molecule has 1 heterocycles. The van der Waals surface area contributed by atoms with Crippen LogP contribution in [-0.4, -0.2) is 6.10 Å². The Morgan fingerprint density at radius 3 is 2.26 bits per heavy atom. The summed E-state index contributed by atoms with van der Waals surface area (Å²) in [4.78, 5) is 1.31. The van der Waals surface area contributed by atoms with E-state index in [9.17, 15) is 0 Å². The fourth-order valence-corrected chi connectivity index (χ4v) is 3.21. The standard InChI is InChI=1S/C15H18BrNOS/c1-10(2)18-13-6-4-12(5-7-13)17-11(3)14-8-9-15(16)19-14/h4-11,17H,1-3H3. The van der Waals surface area contributed by atoms with Gasteiger partial charge in [-0.25, -0.2) is 0 Å². The molecule has 1 unspecified atom stereocenters. The molecule has 0 aliphatic carbocycles. The molecule has 1 aromatic carbocycles. The fraction of sp³-hybridized carbons (Fsp3) is 0.333. The van der Waals surface area contributed by atoms with Crippen LogP contribution in [0, 0.1) is 0 Å². The second-order valence-corrected chi connectivity index (χ2v) is 7.19. The Balaban J connectivity index is 1.99. The highest BCUT2D eigenvalue weighted by Gasteiger charge is 2.08. The second kappa shape index (κ2) is 6.44. The smallest absolute Gasteiger partial charge is 0.119 e. The first-order valence-corrected chi connectivity index (χ1v) is 7.94. The predicted octanol–water partition coefficient (Wildman–Crippen LogP) is 5.47. The lowest BCUT2D eigenvalue weighted by molar-refractivity contribution is 0.242. The molecular formula is C15H18BrNOS. The molecule has 1 N–H and O–H groups in total. The lowest BCUT2D eigenvalue weighted by Crippen LogP contribution is -2.06. The summed E-state index contributed by atoms with van der Waals surface area (Å²) in [5.74, 6) is 0.909. The van der Waals surface area contributed by atoms with E-state index in [-0.39, 0.29) is 6.10 Å². The van der Waals surface area contributed by atoms with E-state index in [0.717, 1.165) is 15.2 Å². The highest BCUT2D eigenvalue weighted by atomic mass is 79.9. The van der Waals surface area contributed by atoms with Gasteiger partial charge in [0.15, 0.2) is 0 Å². The second-order valence-electron chi connectivity index (χ2n) is 4.70. The van der Waals surface area contributed by atoms with Crippen LogP contribution in [0.2, 0.25) is 0 Å². The lowest BCUT2D eigenvalue weighted by atomic mass is 10.2. The summed E-state index contributed by atoms with van der Waals surface area (Å²) in [6.07, 6.45) is 0.209. The largest absolute Gasteiger partial charge is 0.491 e. The zero-order valence-electron chi connectivity index (χ0n) is 11.3. The Morgan fingerprint density at radius 2 is 1.74 bits per heavy atom. The lowest BCUT2D eigenvalue weighted by Gasteiger charge is -2.15. The van der Waals surface area contributed by atoms with Crippen molar-refractivity contribution in [3.8, 4) is 5.75 Å². The molecule has 0 fully saturated rings. The molecule has 2 nitrogen and oxygen atoms in total. The Bertz CT molecular complexity index is 521. The van der Waals surface area contributed by atoms with Crippen LogP contribution >= 0.6 is 27.3 Å². The number of ether oxygens (including phenoxy) is 1. The molecule has 0 saturated carbocycles. The Morgan fingerprint density at radius 1 is 1.05 bits per heavy atom. The van der Waals surface area contributed by atoms with Crippen molar-refractivity contribution in [3.05, 3.63) is 45.1 Å². The minimum absolute atomic E-state index is 0.209. The molecule has 0 aliphatic rings. The van der Waals surface area contributed by atoms with Crippen LogP contribution in [0.25, 0.3) is 0 Å². The molecule has 0 bridgehead atoms. The van der Waals surface area contributed by atoms with Crippen LogP contribution in [0.3, 0.4) is 0 Å². The molecule has 1 atom stereocenters. The van der Waals surface area contributed by atoms with Crippen molar-refractivity contribution in [3.63, 3.8) is 0 Å². The maximum atomic E-state index is 5.63. The molecule has 4 heteroatoms. The Hall–Kier alpha value is -1.00. The van der Waals surface area contributed by atoms with E-state index >= 15 is 0 Å².